The van der Waals surface area contributed by atoms with Crippen LogP contribution in [0.15, 0.2) is 18.3 Å². The lowest BCUT2D eigenvalue weighted by Gasteiger charge is -2.31. The van der Waals surface area contributed by atoms with Crippen LogP contribution in [-0.2, 0) is 0 Å². The highest BCUT2D eigenvalue weighted by Crippen LogP contribution is 2.18. The van der Waals surface area contributed by atoms with Gasteiger partial charge in [-0.2, -0.15) is 0 Å². The second-order valence-electron chi connectivity index (χ2n) is 5.92. The normalized spacial score (nSPS) is 17.4. The topological polar surface area (TPSA) is 45.2 Å². The highest BCUT2D eigenvalue weighted by molar-refractivity contribution is 5.93. The van der Waals surface area contributed by atoms with Gasteiger partial charge in [0.2, 0.25) is 0 Å². The summed E-state index contributed by atoms with van der Waals surface area (Å²) in [7, 11) is 0. The van der Waals surface area contributed by atoms with Gasteiger partial charge in [-0.1, -0.05) is 13.8 Å². The summed E-state index contributed by atoms with van der Waals surface area (Å²) < 4.78 is 0. The average Bonchev–Trinajstić information content (AvgIpc) is 2.93. The predicted octanol–water partition coefficient (Wildman–Crippen LogP) is 2.82. The van der Waals surface area contributed by atoms with E-state index in [1.807, 2.05) is 12.1 Å². The van der Waals surface area contributed by atoms with Crippen LogP contribution in [0.1, 0.15) is 44.0 Å². The first-order chi connectivity index (χ1) is 9.58. The number of likely N-dealkylation sites (tertiary alicyclic amines) is 1. The van der Waals surface area contributed by atoms with E-state index in [0.29, 0.717) is 17.5 Å². The van der Waals surface area contributed by atoms with E-state index in [2.05, 4.69) is 29.0 Å². The maximum atomic E-state index is 11.2. The van der Waals surface area contributed by atoms with E-state index in [-0.39, 0.29) is 5.78 Å². The summed E-state index contributed by atoms with van der Waals surface area (Å²) in [5, 5.41) is 3.41. The Morgan fingerprint density at radius 1 is 1.35 bits per heavy atom. The van der Waals surface area contributed by atoms with Gasteiger partial charge in [-0.15, -0.1) is 0 Å². The van der Waals surface area contributed by atoms with Crippen molar-refractivity contribution in [2.75, 3.05) is 25.0 Å². The Balaban J connectivity index is 1.93. The maximum Gasteiger partial charge on any atom is 0.161 e. The van der Waals surface area contributed by atoms with Gasteiger partial charge < -0.3 is 5.32 Å². The third kappa shape index (κ3) is 3.79. The molecule has 0 saturated carbocycles. The molecule has 110 valence electrons. The van der Waals surface area contributed by atoms with E-state index in [1.165, 1.54) is 25.9 Å². The van der Waals surface area contributed by atoms with Gasteiger partial charge in [0.05, 0.1) is 0 Å². The van der Waals surface area contributed by atoms with Crippen molar-refractivity contribution in [3.05, 3.63) is 23.9 Å². The Bertz CT molecular complexity index is 436. The molecule has 1 atom stereocenters. The molecule has 1 fully saturated rings. The fraction of sp³-hybridized carbons (Fsp3) is 0.625. The van der Waals surface area contributed by atoms with Crippen molar-refractivity contribution >= 4 is 11.6 Å². The van der Waals surface area contributed by atoms with Gasteiger partial charge in [0.1, 0.15) is 5.82 Å². The van der Waals surface area contributed by atoms with Crippen LogP contribution in [0.25, 0.3) is 0 Å². The van der Waals surface area contributed by atoms with Crippen LogP contribution in [0, 0.1) is 5.92 Å². The van der Waals surface area contributed by atoms with Crippen LogP contribution in [0.4, 0.5) is 5.82 Å². The van der Waals surface area contributed by atoms with E-state index in [9.17, 15) is 4.79 Å². The third-order valence-corrected chi connectivity index (χ3v) is 4.04. The van der Waals surface area contributed by atoms with E-state index in [0.717, 1.165) is 12.4 Å². The number of rotatable bonds is 6. The molecule has 1 aliphatic heterocycles. The highest BCUT2D eigenvalue weighted by atomic mass is 16.1. The number of ketones is 1. The molecule has 2 heterocycles. The summed E-state index contributed by atoms with van der Waals surface area (Å²) >= 11 is 0. The molecule has 1 N–H and O–H groups in total. The Morgan fingerprint density at radius 3 is 2.55 bits per heavy atom. The maximum absolute atomic E-state index is 11.2. The van der Waals surface area contributed by atoms with Crippen molar-refractivity contribution in [1.29, 1.82) is 0 Å². The molecule has 1 aromatic rings. The molecule has 4 nitrogen and oxygen atoms in total. The molecule has 1 saturated heterocycles. The molecular weight excluding hydrogens is 250 g/mol. The number of hydrogen-bond donors (Lipinski definition) is 1. The zero-order valence-electron chi connectivity index (χ0n) is 12.7. The second-order valence-corrected chi connectivity index (χ2v) is 5.92. The predicted molar refractivity (Wildman–Crippen MR) is 82.2 cm³/mol. The monoisotopic (exact) mass is 275 g/mol. The summed E-state index contributed by atoms with van der Waals surface area (Å²) in [5.74, 6) is 1.53. The standard InChI is InChI=1S/C16H25N3O/c1-12(2)15(19-8-4-5-9-19)11-18-16-7-6-14(10-17-16)13(3)20/h6-7,10,12,15H,4-5,8-9,11H2,1-3H3,(H,17,18). The lowest BCUT2D eigenvalue weighted by atomic mass is 10.0. The number of nitrogens with zero attached hydrogens (tertiary/aromatic N) is 2. The fourth-order valence-corrected chi connectivity index (χ4v) is 2.78. The second kappa shape index (κ2) is 6.84. The van der Waals surface area contributed by atoms with Gasteiger partial charge in [0, 0.05) is 24.3 Å². The number of carbonyl (C=O) groups excluding carboxylic acids is 1. The fourth-order valence-electron chi connectivity index (χ4n) is 2.78. The van der Waals surface area contributed by atoms with Gasteiger partial charge in [-0.3, -0.25) is 9.69 Å². The smallest absolute Gasteiger partial charge is 0.161 e. The molecule has 1 aromatic heterocycles. The minimum atomic E-state index is 0.0566. The van der Waals surface area contributed by atoms with Gasteiger partial charge in [0.25, 0.3) is 0 Å². The minimum Gasteiger partial charge on any atom is -0.368 e. The lowest BCUT2D eigenvalue weighted by Crippen LogP contribution is -2.42. The Hall–Kier alpha value is -1.42. The van der Waals surface area contributed by atoms with Crippen LogP contribution >= 0.6 is 0 Å². The molecule has 1 aliphatic rings. The lowest BCUT2D eigenvalue weighted by molar-refractivity contribution is 0.101. The van der Waals surface area contributed by atoms with Gasteiger partial charge in [0.15, 0.2) is 5.78 Å². The molecule has 1 unspecified atom stereocenters. The van der Waals surface area contributed by atoms with Crippen molar-refractivity contribution in [2.45, 2.75) is 39.7 Å². The molecule has 0 aliphatic carbocycles. The Morgan fingerprint density at radius 2 is 2.05 bits per heavy atom. The minimum absolute atomic E-state index is 0.0566. The molecule has 0 aromatic carbocycles. The molecular formula is C16H25N3O. The number of hydrogen-bond acceptors (Lipinski definition) is 4. The van der Waals surface area contributed by atoms with Crippen LogP contribution < -0.4 is 5.32 Å². The van der Waals surface area contributed by atoms with E-state index < -0.39 is 0 Å². The number of aromatic nitrogens is 1. The quantitative estimate of drug-likeness (QED) is 0.811. The summed E-state index contributed by atoms with van der Waals surface area (Å²) in [4.78, 5) is 18.1. The molecule has 20 heavy (non-hydrogen) atoms. The van der Waals surface area contributed by atoms with E-state index in [4.69, 9.17) is 0 Å². The van der Waals surface area contributed by atoms with Crippen molar-refractivity contribution in [1.82, 2.24) is 9.88 Å². The number of carbonyl (C=O) groups is 1. The zero-order valence-corrected chi connectivity index (χ0v) is 12.7. The summed E-state index contributed by atoms with van der Waals surface area (Å²) in [6.45, 7) is 9.44. The molecule has 2 rings (SSSR count). The highest BCUT2D eigenvalue weighted by Gasteiger charge is 2.24. The summed E-state index contributed by atoms with van der Waals surface area (Å²) in [5.41, 5.74) is 0.663. The summed E-state index contributed by atoms with van der Waals surface area (Å²) in [6.07, 6.45) is 4.27. The molecule has 0 amide bonds. The van der Waals surface area contributed by atoms with Crippen molar-refractivity contribution < 1.29 is 4.79 Å². The third-order valence-electron chi connectivity index (χ3n) is 4.04. The first-order valence-electron chi connectivity index (χ1n) is 7.53. The molecule has 0 spiro atoms. The largest absolute Gasteiger partial charge is 0.368 e. The molecule has 4 heteroatoms. The van der Waals surface area contributed by atoms with Gasteiger partial charge >= 0.3 is 0 Å². The molecule has 0 radical (unpaired) electrons. The van der Waals surface area contributed by atoms with Gasteiger partial charge in [-0.05, 0) is 50.9 Å². The van der Waals surface area contributed by atoms with Crippen molar-refractivity contribution in [3.8, 4) is 0 Å². The van der Waals surface area contributed by atoms with E-state index >= 15 is 0 Å². The number of nitrogens with one attached hydrogen (secondary N) is 1. The Kier molecular flexibility index (Phi) is 5.12. The first-order valence-corrected chi connectivity index (χ1v) is 7.53. The van der Waals surface area contributed by atoms with Gasteiger partial charge in [-0.25, -0.2) is 4.98 Å². The van der Waals surface area contributed by atoms with Crippen LogP contribution in [0.5, 0.6) is 0 Å². The molecule has 0 bridgehead atoms. The Labute approximate surface area is 121 Å². The average molecular weight is 275 g/mol. The first kappa shape index (κ1) is 15.0. The SMILES string of the molecule is CC(=O)c1ccc(NCC(C(C)C)N2CCCC2)nc1. The van der Waals surface area contributed by atoms with E-state index in [1.54, 1.807) is 13.1 Å². The van der Waals surface area contributed by atoms with Crippen LogP contribution in [0.2, 0.25) is 0 Å². The number of anilines is 1. The van der Waals surface area contributed by atoms with Crippen LogP contribution in [0.3, 0.4) is 0 Å². The number of Topliss-reactive ketones (excluding diaryl/α,β-unsaturated/α-hetero) is 1. The van der Waals surface area contributed by atoms with Crippen LogP contribution in [-0.4, -0.2) is 41.3 Å². The van der Waals surface area contributed by atoms with Crippen molar-refractivity contribution in [2.24, 2.45) is 5.92 Å². The zero-order chi connectivity index (χ0) is 14.5. The summed E-state index contributed by atoms with van der Waals surface area (Å²) in [6, 6.07) is 4.27. The van der Waals surface area contributed by atoms with Crippen molar-refractivity contribution in [3.63, 3.8) is 0 Å². The number of pyridine rings is 1.